The van der Waals surface area contributed by atoms with Crippen LogP contribution in [0.5, 0.6) is 0 Å². The highest BCUT2D eigenvalue weighted by atomic mass is 16.6. The minimum atomic E-state index is -0.688. The summed E-state index contributed by atoms with van der Waals surface area (Å²) in [5, 5.41) is 0. The molecule has 3 saturated carbocycles. The van der Waals surface area contributed by atoms with Crippen LogP contribution in [0.25, 0.3) is 0 Å². The maximum atomic E-state index is 13.8. The summed E-state index contributed by atoms with van der Waals surface area (Å²) in [6.45, 7) is 15.2. The number of fused-ring (bicyclic) bond motifs is 4. The Morgan fingerprint density at radius 3 is 2.41 bits per heavy atom. The van der Waals surface area contributed by atoms with Crippen LogP contribution in [0.1, 0.15) is 106 Å². The van der Waals surface area contributed by atoms with Crippen molar-refractivity contribution in [2.75, 3.05) is 0 Å². The molecule has 4 heteroatoms. The molecule has 1 saturated heterocycles. The average molecular weight is 469 g/mol. The Morgan fingerprint density at radius 2 is 1.74 bits per heavy atom. The largest absolute Gasteiger partial charge is 0.458 e. The first-order chi connectivity index (χ1) is 15.7. The Hall–Kier alpha value is -1.45. The molecule has 0 amide bonds. The minimum absolute atomic E-state index is 0.0298. The SMILES string of the molecule is CC(C)CC(=O)CC1(C)OC(=O)C23CC=C4C(CCC5C(C)(C)C(=O)CCC45C)C2(C)CCC13. The van der Waals surface area contributed by atoms with E-state index >= 15 is 0 Å². The monoisotopic (exact) mass is 468 g/mol. The number of hydrogen-bond acceptors (Lipinski definition) is 4. The van der Waals surface area contributed by atoms with Gasteiger partial charge in [-0.15, -0.1) is 0 Å². The highest BCUT2D eigenvalue weighted by molar-refractivity contribution is 5.87. The summed E-state index contributed by atoms with van der Waals surface area (Å²) < 4.78 is 6.22. The van der Waals surface area contributed by atoms with E-state index in [9.17, 15) is 14.4 Å². The van der Waals surface area contributed by atoms with Crippen LogP contribution in [0.15, 0.2) is 11.6 Å². The Labute approximate surface area is 205 Å². The van der Waals surface area contributed by atoms with Gasteiger partial charge >= 0.3 is 5.97 Å². The highest BCUT2D eigenvalue weighted by Crippen LogP contribution is 2.75. The van der Waals surface area contributed by atoms with Crippen LogP contribution >= 0.6 is 0 Å². The molecule has 5 aliphatic rings. The first-order valence-electron chi connectivity index (χ1n) is 13.7. The Bertz CT molecular complexity index is 974. The normalized spacial score (nSPS) is 46.8. The van der Waals surface area contributed by atoms with Crippen LogP contribution in [-0.2, 0) is 19.1 Å². The second kappa shape index (κ2) is 7.29. The smallest absolute Gasteiger partial charge is 0.313 e. The van der Waals surface area contributed by atoms with Gasteiger partial charge in [-0.05, 0) is 74.0 Å². The van der Waals surface area contributed by atoms with E-state index in [1.165, 1.54) is 5.57 Å². The van der Waals surface area contributed by atoms with Crippen molar-refractivity contribution in [3.8, 4) is 0 Å². The van der Waals surface area contributed by atoms with Gasteiger partial charge in [-0.2, -0.15) is 0 Å². The van der Waals surface area contributed by atoms with E-state index in [1.807, 2.05) is 6.92 Å². The molecule has 7 atom stereocenters. The highest BCUT2D eigenvalue weighted by Gasteiger charge is 2.76. The number of esters is 1. The summed E-state index contributed by atoms with van der Waals surface area (Å²) in [6.07, 6.45) is 9.68. The lowest BCUT2D eigenvalue weighted by atomic mass is 9.41. The fraction of sp³-hybridized carbons (Fsp3) is 0.833. The summed E-state index contributed by atoms with van der Waals surface area (Å²) in [5.41, 5.74) is -0.0759. The van der Waals surface area contributed by atoms with E-state index in [1.54, 1.807) is 0 Å². The summed E-state index contributed by atoms with van der Waals surface area (Å²) in [7, 11) is 0. The van der Waals surface area contributed by atoms with Gasteiger partial charge in [0.25, 0.3) is 0 Å². The van der Waals surface area contributed by atoms with Crippen LogP contribution in [0.4, 0.5) is 0 Å². The second-order valence-corrected chi connectivity index (χ2v) is 14.1. The quantitative estimate of drug-likeness (QED) is 0.351. The Morgan fingerprint density at radius 1 is 1.03 bits per heavy atom. The van der Waals surface area contributed by atoms with Gasteiger partial charge in [0.05, 0.1) is 5.41 Å². The third kappa shape index (κ3) is 2.86. The van der Waals surface area contributed by atoms with Crippen molar-refractivity contribution in [1.29, 1.82) is 0 Å². The molecule has 1 spiro atoms. The number of Topliss-reactive ketones (excluding diaryl/α,β-unsaturated/α-hetero) is 2. The zero-order valence-corrected chi connectivity index (χ0v) is 22.4. The number of ketones is 2. The Balaban J connectivity index is 1.52. The lowest BCUT2D eigenvalue weighted by Gasteiger charge is -2.61. The van der Waals surface area contributed by atoms with Gasteiger partial charge < -0.3 is 4.74 Å². The molecular formula is C30H44O4. The van der Waals surface area contributed by atoms with Gasteiger partial charge in [0.2, 0.25) is 0 Å². The van der Waals surface area contributed by atoms with Gasteiger partial charge in [-0.25, -0.2) is 0 Å². The van der Waals surface area contributed by atoms with Crippen molar-refractivity contribution in [2.45, 2.75) is 112 Å². The van der Waals surface area contributed by atoms with Gasteiger partial charge in [0.1, 0.15) is 17.2 Å². The topological polar surface area (TPSA) is 60.4 Å². The molecule has 4 aliphatic carbocycles. The van der Waals surface area contributed by atoms with Crippen LogP contribution in [-0.4, -0.2) is 23.1 Å². The van der Waals surface area contributed by atoms with Gasteiger partial charge in [-0.3, -0.25) is 14.4 Å². The van der Waals surface area contributed by atoms with E-state index in [4.69, 9.17) is 4.74 Å². The minimum Gasteiger partial charge on any atom is -0.458 e. The molecule has 0 radical (unpaired) electrons. The lowest BCUT2D eigenvalue weighted by Crippen LogP contribution is -2.58. The molecule has 1 heterocycles. The maximum absolute atomic E-state index is 13.8. The predicted molar refractivity (Wildman–Crippen MR) is 132 cm³/mol. The van der Waals surface area contributed by atoms with E-state index in [-0.39, 0.29) is 33.9 Å². The van der Waals surface area contributed by atoms with Crippen LogP contribution in [0.2, 0.25) is 0 Å². The van der Waals surface area contributed by atoms with Crippen molar-refractivity contribution < 1.29 is 19.1 Å². The average Bonchev–Trinajstić information content (AvgIpc) is 3.15. The molecule has 0 N–H and O–H groups in total. The number of ether oxygens (including phenoxy) is 1. The van der Waals surface area contributed by atoms with Crippen LogP contribution < -0.4 is 0 Å². The molecule has 5 rings (SSSR count). The molecular weight excluding hydrogens is 424 g/mol. The molecule has 4 fully saturated rings. The standard InChI is InChI=1S/C30H44O4/c1-18(2)16-19(31)17-29(7)23-11-14-28(6)21-8-9-22-26(3,4)24(32)12-13-27(22,5)20(21)10-15-30(23,28)25(33)34-29/h10,18,21-23H,8-9,11-17H2,1-7H3. The van der Waals surface area contributed by atoms with E-state index in [0.717, 1.165) is 38.5 Å². The molecule has 34 heavy (non-hydrogen) atoms. The summed E-state index contributed by atoms with van der Waals surface area (Å²) in [5.74, 6) is 1.71. The first kappa shape index (κ1) is 24.3. The van der Waals surface area contributed by atoms with Gasteiger partial charge in [-0.1, -0.05) is 53.2 Å². The number of hydrogen-bond donors (Lipinski definition) is 0. The van der Waals surface area contributed by atoms with Gasteiger partial charge in [0.15, 0.2) is 0 Å². The molecule has 7 unspecified atom stereocenters. The van der Waals surface area contributed by atoms with Crippen molar-refractivity contribution >= 4 is 17.5 Å². The van der Waals surface area contributed by atoms with Crippen LogP contribution in [0, 0.1) is 45.3 Å². The lowest BCUT2D eigenvalue weighted by molar-refractivity contribution is -0.162. The molecule has 0 aromatic rings. The molecule has 1 aliphatic heterocycles. The molecule has 4 nitrogen and oxygen atoms in total. The molecule has 0 bridgehead atoms. The predicted octanol–water partition coefficient (Wildman–Crippen LogP) is 6.46. The van der Waals surface area contributed by atoms with E-state index < -0.39 is 11.0 Å². The second-order valence-electron chi connectivity index (χ2n) is 14.1. The van der Waals surface area contributed by atoms with Crippen molar-refractivity contribution in [2.24, 2.45) is 45.3 Å². The van der Waals surface area contributed by atoms with Crippen molar-refractivity contribution in [3.63, 3.8) is 0 Å². The zero-order chi connectivity index (χ0) is 24.9. The van der Waals surface area contributed by atoms with E-state index in [0.29, 0.717) is 42.8 Å². The first-order valence-corrected chi connectivity index (χ1v) is 13.7. The fourth-order valence-electron chi connectivity index (χ4n) is 9.99. The van der Waals surface area contributed by atoms with Crippen molar-refractivity contribution in [3.05, 3.63) is 11.6 Å². The zero-order valence-electron chi connectivity index (χ0n) is 22.4. The fourth-order valence-corrected chi connectivity index (χ4v) is 9.99. The van der Waals surface area contributed by atoms with Gasteiger partial charge in [0, 0.05) is 30.6 Å². The molecule has 0 aromatic carbocycles. The molecule has 188 valence electrons. The number of carbonyl (C=O) groups is 3. The number of cyclic esters (lactones) is 1. The number of rotatable bonds is 4. The third-order valence-electron chi connectivity index (χ3n) is 11.6. The van der Waals surface area contributed by atoms with Crippen LogP contribution in [0.3, 0.4) is 0 Å². The number of allylic oxidation sites excluding steroid dienone is 2. The van der Waals surface area contributed by atoms with E-state index in [2.05, 4.69) is 47.6 Å². The van der Waals surface area contributed by atoms with Crippen molar-refractivity contribution in [1.82, 2.24) is 0 Å². The maximum Gasteiger partial charge on any atom is 0.313 e. The molecule has 0 aromatic heterocycles. The number of carbonyl (C=O) groups excluding carboxylic acids is 3. The third-order valence-corrected chi connectivity index (χ3v) is 11.6. The summed E-state index contributed by atoms with van der Waals surface area (Å²) in [4.78, 5) is 39.5. The Kier molecular flexibility index (Phi) is 5.20. The summed E-state index contributed by atoms with van der Waals surface area (Å²) >= 11 is 0. The summed E-state index contributed by atoms with van der Waals surface area (Å²) in [6, 6.07) is 0.